The molecule has 0 radical (unpaired) electrons. The van der Waals surface area contributed by atoms with Crippen molar-refractivity contribution in [1.29, 1.82) is 0 Å². The average Bonchev–Trinajstić information content (AvgIpc) is 3.19. The van der Waals surface area contributed by atoms with E-state index in [2.05, 4.69) is 44.3 Å². The van der Waals surface area contributed by atoms with Crippen LogP contribution in [-0.2, 0) is 13.1 Å². The Morgan fingerprint density at radius 1 is 1.07 bits per heavy atom. The van der Waals surface area contributed by atoms with Crippen LogP contribution in [0.15, 0.2) is 60.8 Å². The summed E-state index contributed by atoms with van der Waals surface area (Å²) >= 11 is 0. The molecule has 1 atom stereocenters. The van der Waals surface area contributed by atoms with Crippen LogP contribution in [0.1, 0.15) is 17.5 Å². The first-order chi connectivity index (χ1) is 14.2. The number of benzene rings is 2. The second-order valence-corrected chi connectivity index (χ2v) is 7.64. The molecule has 29 heavy (non-hydrogen) atoms. The molecule has 1 aliphatic rings. The summed E-state index contributed by atoms with van der Waals surface area (Å²) in [5.41, 5.74) is 4.05. The number of aromatic nitrogens is 2. The van der Waals surface area contributed by atoms with Gasteiger partial charge in [-0.3, -0.25) is 14.9 Å². The van der Waals surface area contributed by atoms with Gasteiger partial charge in [-0.2, -0.15) is 5.10 Å². The van der Waals surface area contributed by atoms with Gasteiger partial charge in [-0.1, -0.05) is 42.5 Å². The Kier molecular flexibility index (Phi) is 6.34. The molecule has 1 fully saturated rings. The lowest BCUT2D eigenvalue weighted by Crippen LogP contribution is -2.52. The molecule has 2 aromatic carbocycles. The molecular weight excluding hydrogens is 367 g/mol. The number of nitrogens with one attached hydrogen (secondary N) is 1. The van der Waals surface area contributed by atoms with E-state index in [1.807, 2.05) is 18.3 Å². The summed E-state index contributed by atoms with van der Waals surface area (Å²) < 4.78 is 13.6. The lowest BCUT2D eigenvalue weighted by atomic mass is 10.0. The maximum absolute atomic E-state index is 13.6. The molecule has 5 nitrogen and oxygen atoms in total. The van der Waals surface area contributed by atoms with E-state index in [0.717, 1.165) is 56.0 Å². The van der Waals surface area contributed by atoms with Crippen LogP contribution in [0.3, 0.4) is 0 Å². The molecule has 0 bridgehead atoms. The summed E-state index contributed by atoms with van der Waals surface area (Å²) in [4.78, 5) is 4.86. The topological polar surface area (TPSA) is 55.4 Å². The largest absolute Gasteiger partial charge is 0.396 e. The zero-order chi connectivity index (χ0) is 20.1. The number of aliphatic hydroxyl groups is 1. The van der Waals surface area contributed by atoms with Crippen LogP contribution < -0.4 is 0 Å². The van der Waals surface area contributed by atoms with Crippen LogP contribution in [-0.4, -0.2) is 57.4 Å². The Morgan fingerprint density at radius 3 is 2.72 bits per heavy atom. The van der Waals surface area contributed by atoms with Crippen molar-refractivity contribution in [2.45, 2.75) is 25.6 Å². The van der Waals surface area contributed by atoms with Crippen molar-refractivity contribution in [1.82, 2.24) is 20.0 Å². The third-order valence-corrected chi connectivity index (χ3v) is 5.60. The van der Waals surface area contributed by atoms with Crippen LogP contribution in [0.25, 0.3) is 11.3 Å². The summed E-state index contributed by atoms with van der Waals surface area (Å²) in [6.45, 7) is 4.63. The minimum absolute atomic E-state index is 0.185. The summed E-state index contributed by atoms with van der Waals surface area (Å²) in [5.74, 6) is -0.249. The first-order valence-electron chi connectivity index (χ1n) is 10.1. The summed E-state index contributed by atoms with van der Waals surface area (Å²) in [7, 11) is 0. The molecule has 0 saturated carbocycles. The molecule has 4 rings (SSSR count). The number of nitrogens with zero attached hydrogens (tertiary/aromatic N) is 3. The van der Waals surface area contributed by atoms with Gasteiger partial charge in [0.1, 0.15) is 5.82 Å². The SMILES string of the molecule is OCCC1CN(Cc2cn[nH]c2-c2cccc(F)c2)CCN1Cc1ccccc1. The molecule has 0 aliphatic carbocycles. The third-order valence-electron chi connectivity index (χ3n) is 5.60. The van der Waals surface area contributed by atoms with Gasteiger partial charge in [-0.15, -0.1) is 0 Å². The Bertz CT molecular complexity index is 914. The molecule has 1 saturated heterocycles. The van der Waals surface area contributed by atoms with E-state index in [-0.39, 0.29) is 12.4 Å². The number of piperazine rings is 1. The maximum atomic E-state index is 13.6. The quantitative estimate of drug-likeness (QED) is 0.646. The van der Waals surface area contributed by atoms with Gasteiger partial charge in [0.15, 0.2) is 0 Å². The van der Waals surface area contributed by atoms with E-state index in [4.69, 9.17) is 0 Å². The third kappa shape index (κ3) is 4.90. The van der Waals surface area contributed by atoms with Gasteiger partial charge in [0, 0.05) is 56.5 Å². The molecule has 1 aromatic heterocycles. The molecule has 0 amide bonds. The van der Waals surface area contributed by atoms with Gasteiger partial charge in [0.05, 0.1) is 11.9 Å². The maximum Gasteiger partial charge on any atom is 0.123 e. The van der Waals surface area contributed by atoms with E-state index in [0.29, 0.717) is 6.04 Å². The van der Waals surface area contributed by atoms with Crippen LogP contribution in [0.2, 0.25) is 0 Å². The first-order valence-corrected chi connectivity index (χ1v) is 10.1. The second-order valence-electron chi connectivity index (χ2n) is 7.64. The Labute approximate surface area is 170 Å². The highest BCUT2D eigenvalue weighted by Gasteiger charge is 2.27. The molecule has 3 aromatic rings. The van der Waals surface area contributed by atoms with Crippen molar-refractivity contribution >= 4 is 0 Å². The standard InChI is InChI=1S/C23H27FN4O/c24-21-8-4-7-19(13-21)23-20(14-25-26-23)16-27-10-11-28(22(17-27)9-12-29)15-18-5-2-1-3-6-18/h1-8,13-14,22,29H,9-12,15-17H2,(H,25,26). The van der Waals surface area contributed by atoms with Crippen LogP contribution in [0, 0.1) is 5.82 Å². The van der Waals surface area contributed by atoms with Crippen molar-refractivity contribution in [3.63, 3.8) is 0 Å². The molecule has 1 aliphatic heterocycles. The number of hydrogen-bond acceptors (Lipinski definition) is 4. The van der Waals surface area contributed by atoms with E-state index >= 15 is 0 Å². The monoisotopic (exact) mass is 394 g/mol. The normalized spacial score (nSPS) is 18.2. The fourth-order valence-corrected chi connectivity index (χ4v) is 4.12. The molecule has 1 unspecified atom stereocenters. The van der Waals surface area contributed by atoms with Gasteiger partial charge >= 0.3 is 0 Å². The van der Waals surface area contributed by atoms with E-state index < -0.39 is 0 Å². The lowest BCUT2D eigenvalue weighted by molar-refractivity contribution is 0.0500. The summed E-state index contributed by atoms with van der Waals surface area (Å²) in [5, 5.41) is 16.8. The first kappa shape index (κ1) is 19.8. The Hall–Kier alpha value is -2.54. The van der Waals surface area contributed by atoms with Gasteiger partial charge in [0.25, 0.3) is 0 Å². The molecular formula is C23H27FN4O. The van der Waals surface area contributed by atoms with Crippen molar-refractivity contribution in [3.05, 3.63) is 77.7 Å². The summed E-state index contributed by atoms with van der Waals surface area (Å²) in [6.07, 6.45) is 2.59. The lowest BCUT2D eigenvalue weighted by Gasteiger charge is -2.41. The predicted molar refractivity (Wildman–Crippen MR) is 112 cm³/mol. The average molecular weight is 394 g/mol. The van der Waals surface area contributed by atoms with Crippen molar-refractivity contribution in [2.75, 3.05) is 26.2 Å². The smallest absolute Gasteiger partial charge is 0.123 e. The van der Waals surface area contributed by atoms with E-state index in [1.54, 1.807) is 6.07 Å². The van der Waals surface area contributed by atoms with Gasteiger partial charge in [-0.05, 0) is 24.1 Å². The number of halogens is 1. The highest BCUT2D eigenvalue weighted by atomic mass is 19.1. The Balaban J connectivity index is 1.44. The molecule has 2 heterocycles. The highest BCUT2D eigenvalue weighted by Crippen LogP contribution is 2.25. The van der Waals surface area contributed by atoms with Crippen LogP contribution in [0.5, 0.6) is 0 Å². The summed E-state index contributed by atoms with van der Waals surface area (Å²) in [6, 6.07) is 17.4. The number of aliphatic hydroxyl groups excluding tert-OH is 1. The van der Waals surface area contributed by atoms with Crippen molar-refractivity contribution in [3.8, 4) is 11.3 Å². The number of H-pyrrole nitrogens is 1. The highest BCUT2D eigenvalue weighted by molar-refractivity contribution is 5.62. The fraction of sp³-hybridized carbons (Fsp3) is 0.348. The zero-order valence-corrected chi connectivity index (χ0v) is 16.5. The second kappa shape index (κ2) is 9.31. The van der Waals surface area contributed by atoms with Crippen molar-refractivity contribution in [2.24, 2.45) is 0 Å². The van der Waals surface area contributed by atoms with Crippen LogP contribution in [0.4, 0.5) is 4.39 Å². The zero-order valence-electron chi connectivity index (χ0n) is 16.5. The Morgan fingerprint density at radius 2 is 1.93 bits per heavy atom. The van der Waals surface area contributed by atoms with Gasteiger partial charge in [0.2, 0.25) is 0 Å². The minimum Gasteiger partial charge on any atom is -0.396 e. The molecule has 0 spiro atoms. The number of hydrogen-bond donors (Lipinski definition) is 2. The molecule has 2 N–H and O–H groups in total. The van der Waals surface area contributed by atoms with E-state index in [1.165, 1.54) is 17.7 Å². The molecule has 6 heteroatoms. The van der Waals surface area contributed by atoms with Gasteiger partial charge < -0.3 is 5.11 Å². The van der Waals surface area contributed by atoms with Crippen molar-refractivity contribution < 1.29 is 9.50 Å². The fourth-order valence-electron chi connectivity index (χ4n) is 4.12. The number of rotatable bonds is 7. The number of aromatic amines is 1. The van der Waals surface area contributed by atoms with Crippen LogP contribution >= 0.6 is 0 Å². The van der Waals surface area contributed by atoms with E-state index in [9.17, 15) is 9.50 Å². The minimum atomic E-state index is -0.249. The molecule has 152 valence electrons. The van der Waals surface area contributed by atoms with Gasteiger partial charge in [-0.25, -0.2) is 4.39 Å². The predicted octanol–water partition coefficient (Wildman–Crippen LogP) is 3.28.